The zero-order valence-corrected chi connectivity index (χ0v) is 19.2. The highest BCUT2D eigenvalue weighted by Gasteiger charge is 2.27. The fourth-order valence-corrected chi connectivity index (χ4v) is 5.14. The number of sulfonamides is 1. The summed E-state index contributed by atoms with van der Waals surface area (Å²) in [6.07, 6.45) is 9.14. The number of hydrogen-bond donors (Lipinski definition) is 1. The number of nitrogens with one attached hydrogen (secondary N) is 1. The molecule has 1 fully saturated rings. The van der Waals surface area contributed by atoms with Crippen molar-refractivity contribution in [3.05, 3.63) is 72.6 Å². The second kappa shape index (κ2) is 10.0. The number of para-hydroxylation sites is 1. The molecule has 0 aliphatic carbocycles. The monoisotopic (exact) mass is 466 g/mol. The number of amides is 1. The molecule has 0 saturated carbocycles. The van der Waals surface area contributed by atoms with Gasteiger partial charge in [-0.25, -0.2) is 8.42 Å². The number of benzene rings is 2. The van der Waals surface area contributed by atoms with E-state index in [9.17, 15) is 13.2 Å². The molecule has 1 amide bonds. The Balaban J connectivity index is 1.62. The summed E-state index contributed by atoms with van der Waals surface area (Å²) in [5.41, 5.74) is 1.05. The largest absolute Gasteiger partial charge is 0.455 e. The summed E-state index contributed by atoms with van der Waals surface area (Å²) in [6.45, 7) is 1.00. The van der Waals surface area contributed by atoms with Gasteiger partial charge in [-0.05, 0) is 49.2 Å². The molecule has 0 atom stereocenters. The van der Waals surface area contributed by atoms with Crippen molar-refractivity contribution in [2.75, 3.05) is 18.4 Å². The third-order valence-electron chi connectivity index (χ3n) is 5.28. The molecule has 1 aliphatic heterocycles. The molecule has 1 N–H and O–H groups in total. The molecule has 0 bridgehead atoms. The number of rotatable bonds is 7. The minimum Gasteiger partial charge on any atom is -0.455 e. The van der Waals surface area contributed by atoms with Crippen molar-refractivity contribution in [1.29, 1.82) is 0 Å². The van der Waals surface area contributed by atoms with Crippen LogP contribution < -0.4 is 10.1 Å². The highest BCUT2D eigenvalue weighted by atomic mass is 32.2. The van der Waals surface area contributed by atoms with Crippen molar-refractivity contribution in [3.8, 4) is 11.5 Å². The summed E-state index contributed by atoms with van der Waals surface area (Å²) >= 11 is 0. The van der Waals surface area contributed by atoms with Crippen LogP contribution in [0.3, 0.4) is 0 Å². The summed E-state index contributed by atoms with van der Waals surface area (Å²) < 4.78 is 35.4. The molecule has 2 aromatic carbocycles. The average Bonchev–Trinajstić information content (AvgIpc) is 3.25. The molecule has 33 heavy (non-hydrogen) atoms. The molecule has 172 valence electrons. The fourth-order valence-electron chi connectivity index (χ4n) is 3.60. The van der Waals surface area contributed by atoms with Crippen molar-refractivity contribution >= 4 is 27.7 Å². The van der Waals surface area contributed by atoms with Gasteiger partial charge in [-0.15, -0.1) is 0 Å². The van der Waals surface area contributed by atoms with E-state index in [4.69, 9.17) is 4.74 Å². The lowest BCUT2D eigenvalue weighted by Gasteiger charge is -2.26. The van der Waals surface area contributed by atoms with E-state index in [1.54, 1.807) is 48.4 Å². The molecule has 1 aromatic heterocycles. The lowest BCUT2D eigenvalue weighted by Crippen LogP contribution is -2.35. The van der Waals surface area contributed by atoms with Crippen LogP contribution in [-0.4, -0.2) is 41.5 Å². The minimum absolute atomic E-state index is 0.122. The maximum atomic E-state index is 13.2. The lowest BCUT2D eigenvalue weighted by atomic mass is 10.2. The Morgan fingerprint density at radius 3 is 2.55 bits per heavy atom. The highest BCUT2D eigenvalue weighted by molar-refractivity contribution is 7.89. The third-order valence-corrected chi connectivity index (χ3v) is 7.18. The van der Waals surface area contributed by atoms with Gasteiger partial charge in [0, 0.05) is 38.0 Å². The van der Waals surface area contributed by atoms with Crippen LogP contribution in [-0.2, 0) is 21.9 Å². The summed E-state index contributed by atoms with van der Waals surface area (Å²) in [6, 6.07) is 13.6. The van der Waals surface area contributed by atoms with Gasteiger partial charge in [0.1, 0.15) is 5.75 Å². The Kier molecular flexibility index (Phi) is 6.90. The SMILES string of the molecule is Cn1cc(/C=C/C(=O)Nc2cc(S(=O)(=O)N3CCCCC3)ccc2Oc2ccccc2)cn1. The number of ether oxygens (including phenoxy) is 1. The van der Waals surface area contributed by atoms with Gasteiger partial charge in [-0.2, -0.15) is 9.40 Å². The number of nitrogens with zero attached hydrogens (tertiary/aromatic N) is 3. The van der Waals surface area contributed by atoms with Gasteiger partial charge >= 0.3 is 0 Å². The molecular formula is C24H26N4O4S. The maximum Gasteiger partial charge on any atom is 0.248 e. The molecular weight excluding hydrogens is 440 g/mol. The molecule has 4 rings (SSSR count). The van der Waals surface area contributed by atoms with Gasteiger partial charge < -0.3 is 10.1 Å². The zero-order valence-electron chi connectivity index (χ0n) is 18.3. The molecule has 1 aliphatic rings. The first-order valence-corrected chi connectivity index (χ1v) is 12.2. The Morgan fingerprint density at radius 1 is 1.09 bits per heavy atom. The predicted molar refractivity (Wildman–Crippen MR) is 126 cm³/mol. The van der Waals surface area contributed by atoms with Gasteiger partial charge in [0.2, 0.25) is 15.9 Å². The molecule has 3 aromatic rings. The molecule has 0 unspecified atom stereocenters. The first-order valence-electron chi connectivity index (χ1n) is 10.8. The van der Waals surface area contributed by atoms with Crippen molar-refractivity contribution in [3.63, 3.8) is 0 Å². The quantitative estimate of drug-likeness (QED) is 0.531. The molecule has 1 saturated heterocycles. The topological polar surface area (TPSA) is 93.5 Å². The summed E-state index contributed by atoms with van der Waals surface area (Å²) in [7, 11) is -1.87. The first-order chi connectivity index (χ1) is 15.9. The van der Waals surface area contributed by atoms with E-state index in [2.05, 4.69) is 10.4 Å². The predicted octanol–water partition coefficient (Wildman–Crippen LogP) is 4.04. The smallest absolute Gasteiger partial charge is 0.248 e. The second-order valence-electron chi connectivity index (χ2n) is 7.81. The number of aromatic nitrogens is 2. The Hall–Kier alpha value is -3.43. The molecule has 8 nitrogen and oxygen atoms in total. The van der Waals surface area contributed by atoms with Crippen molar-refractivity contribution in [2.24, 2.45) is 7.05 Å². The van der Waals surface area contributed by atoms with Gasteiger partial charge in [-0.1, -0.05) is 24.6 Å². The normalized spacial score (nSPS) is 14.9. The minimum atomic E-state index is -3.67. The maximum absolute atomic E-state index is 13.2. The summed E-state index contributed by atoms with van der Waals surface area (Å²) in [5, 5.41) is 6.83. The number of carbonyl (C=O) groups is 1. The average molecular weight is 467 g/mol. The Bertz CT molecular complexity index is 1250. The van der Waals surface area contributed by atoms with Crippen molar-refractivity contribution < 1.29 is 17.9 Å². The standard InChI is InChI=1S/C24H26N4O4S/c1-27-18-19(17-25-27)10-13-24(29)26-22-16-21(33(30,31)28-14-6-3-7-15-28)11-12-23(22)32-20-8-4-2-5-9-20/h2,4-5,8-13,16-18H,3,6-7,14-15H2,1H3,(H,26,29)/b13-10+. The molecule has 9 heteroatoms. The van der Waals surface area contributed by atoms with E-state index < -0.39 is 15.9 Å². The van der Waals surface area contributed by atoms with Crippen LogP contribution in [0.15, 0.2) is 71.9 Å². The summed E-state index contributed by atoms with van der Waals surface area (Å²) in [5.74, 6) is 0.511. The number of piperidine rings is 1. The van der Waals surface area contributed by atoms with E-state index in [0.717, 1.165) is 24.8 Å². The second-order valence-corrected chi connectivity index (χ2v) is 9.75. The summed E-state index contributed by atoms with van der Waals surface area (Å²) in [4.78, 5) is 12.7. The van der Waals surface area contributed by atoms with E-state index in [-0.39, 0.29) is 10.6 Å². The lowest BCUT2D eigenvalue weighted by molar-refractivity contribution is -0.111. The number of aryl methyl sites for hydroxylation is 1. The molecule has 2 heterocycles. The van der Waals surface area contributed by atoms with Crippen LogP contribution in [0.4, 0.5) is 5.69 Å². The number of carbonyl (C=O) groups excluding carboxylic acids is 1. The number of anilines is 1. The van der Waals surface area contributed by atoms with E-state index in [1.165, 1.54) is 22.5 Å². The first kappa shape index (κ1) is 22.8. The van der Waals surface area contributed by atoms with Crippen LogP contribution in [0.25, 0.3) is 6.08 Å². The Labute approximate surface area is 193 Å². The van der Waals surface area contributed by atoms with Crippen molar-refractivity contribution in [2.45, 2.75) is 24.2 Å². The van der Waals surface area contributed by atoms with E-state index in [1.807, 2.05) is 18.2 Å². The van der Waals surface area contributed by atoms with Crippen LogP contribution in [0.1, 0.15) is 24.8 Å². The van der Waals surface area contributed by atoms with E-state index in [0.29, 0.717) is 24.6 Å². The van der Waals surface area contributed by atoms with Gasteiger partial charge in [0.15, 0.2) is 5.75 Å². The van der Waals surface area contributed by atoms with Crippen LogP contribution >= 0.6 is 0 Å². The van der Waals surface area contributed by atoms with Crippen LogP contribution in [0.2, 0.25) is 0 Å². The van der Waals surface area contributed by atoms with Crippen LogP contribution in [0.5, 0.6) is 11.5 Å². The zero-order chi connectivity index (χ0) is 23.3. The number of hydrogen-bond acceptors (Lipinski definition) is 5. The van der Waals surface area contributed by atoms with Gasteiger partial charge in [0.25, 0.3) is 0 Å². The third kappa shape index (κ3) is 5.68. The van der Waals surface area contributed by atoms with Gasteiger partial charge in [-0.3, -0.25) is 9.48 Å². The molecule has 0 spiro atoms. The Morgan fingerprint density at radius 2 is 1.85 bits per heavy atom. The van der Waals surface area contributed by atoms with Crippen molar-refractivity contribution in [1.82, 2.24) is 14.1 Å². The fraction of sp³-hybridized carbons (Fsp3) is 0.250. The van der Waals surface area contributed by atoms with E-state index >= 15 is 0 Å². The van der Waals surface area contributed by atoms with Crippen LogP contribution in [0, 0.1) is 0 Å². The van der Waals surface area contributed by atoms with Gasteiger partial charge in [0.05, 0.1) is 16.8 Å². The highest BCUT2D eigenvalue weighted by Crippen LogP contribution is 2.33. The molecule has 0 radical (unpaired) electrons.